The molecule has 0 bridgehead atoms. The number of rotatable bonds is 6. The van der Waals surface area contributed by atoms with Crippen LogP contribution >= 0.6 is 11.6 Å². The van der Waals surface area contributed by atoms with Crippen molar-refractivity contribution in [3.63, 3.8) is 0 Å². The topological polar surface area (TPSA) is 58.6 Å². The van der Waals surface area contributed by atoms with Crippen LogP contribution in [0, 0.1) is 11.8 Å². The van der Waals surface area contributed by atoms with Gasteiger partial charge >= 0.3 is 5.97 Å². The lowest BCUT2D eigenvalue weighted by Gasteiger charge is -2.38. The normalized spacial score (nSPS) is 19.6. The molecule has 1 heterocycles. The number of ether oxygens (including phenoxy) is 1. The van der Waals surface area contributed by atoms with Crippen LogP contribution in [0.25, 0.3) is 0 Å². The molecule has 1 unspecified atom stereocenters. The van der Waals surface area contributed by atoms with Crippen molar-refractivity contribution in [2.45, 2.75) is 39.7 Å². The van der Waals surface area contributed by atoms with Gasteiger partial charge in [0.1, 0.15) is 0 Å². The molecule has 166 valence electrons. The molecule has 2 aromatic carbocycles. The minimum Gasteiger partial charge on any atom is -0.465 e. The third kappa shape index (κ3) is 6.01. The Morgan fingerprint density at radius 2 is 1.77 bits per heavy atom. The average Bonchev–Trinajstić information content (AvgIpc) is 2.72. The van der Waals surface area contributed by atoms with Gasteiger partial charge in [0.05, 0.1) is 25.1 Å². The van der Waals surface area contributed by atoms with Crippen molar-refractivity contribution in [1.82, 2.24) is 5.32 Å². The van der Waals surface area contributed by atoms with Gasteiger partial charge in [-0.3, -0.25) is 4.79 Å². The van der Waals surface area contributed by atoms with E-state index >= 15 is 0 Å². The van der Waals surface area contributed by atoms with Gasteiger partial charge in [-0.15, -0.1) is 0 Å². The highest BCUT2D eigenvalue weighted by molar-refractivity contribution is 6.30. The summed E-state index contributed by atoms with van der Waals surface area (Å²) in [5.41, 5.74) is 3.47. The predicted octanol–water partition coefficient (Wildman–Crippen LogP) is 5.03. The van der Waals surface area contributed by atoms with Crippen LogP contribution < -0.4 is 10.2 Å². The Morgan fingerprint density at radius 1 is 1.13 bits per heavy atom. The lowest BCUT2D eigenvalue weighted by Crippen LogP contribution is -2.40. The molecule has 0 spiro atoms. The molecule has 0 aromatic heterocycles. The molecule has 3 atom stereocenters. The summed E-state index contributed by atoms with van der Waals surface area (Å²) in [6.45, 7) is 8.58. The number of nitrogens with one attached hydrogen (secondary N) is 1. The molecule has 6 heteroatoms. The van der Waals surface area contributed by atoms with E-state index in [1.807, 2.05) is 19.1 Å². The fourth-order valence-electron chi connectivity index (χ4n) is 4.45. The Kier molecular flexibility index (Phi) is 7.60. The van der Waals surface area contributed by atoms with E-state index in [4.69, 9.17) is 16.3 Å². The molecule has 3 rings (SSSR count). The van der Waals surface area contributed by atoms with E-state index in [9.17, 15) is 9.59 Å². The maximum absolute atomic E-state index is 12.7. The summed E-state index contributed by atoms with van der Waals surface area (Å²) >= 11 is 6.31. The molecule has 0 radical (unpaired) electrons. The van der Waals surface area contributed by atoms with Crippen LogP contribution in [0.2, 0.25) is 5.02 Å². The molecule has 1 N–H and O–H groups in total. The van der Waals surface area contributed by atoms with Gasteiger partial charge in [0.25, 0.3) is 0 Å². The fraction of sp³-hybridized carbons (Fsp3) is 0.440. The Labute approximate surface area is 189 Å². The Bertz CT molecular complexity index is 919. The lowest BCUT2D eigenvalue weighted by atomic mass is 9.90. The number of piperidine rings is 1. The van der Waals surface area contributed by atoms with Crippen molar-refractivity contribution in [2.75, 3.05) is 25.1 Å². The summed E-state index contributed by atoms with van der Waals surface area (Å²) in [6.07, 6.45) is 1.47. The van der Waals surface area contributed by atoms with Crippen molar-refractivity contribution in [1.29, 1.82) is 0 Å². The maximum Gasteiger partial charge on any atom is 0.337 e. The van der Waals surface area contributed by atoms with Crippen LogP contribution in [0.5, 0.6) is 0 Å². The molecule has 1 saturated heterocycles. The number of carbonyl (C=O) groups is 2. The molecule has 0 saturated carbocycles. The second-order valence-electron chi connectivity index (χ2n) is 8.71. The smallest absolute Gasteiger partial charge is 0.337 e. The van der Waals surface area contributed by atoms with E-state index < -0.39 is 0 Å². The highest BCUT2D eigenvalue weighted by atomic mass is 35.5. The monoisotopic (exact) mass is 442 g/mol. The maximum atomic E-state index is 12.7. The largest absolute Gasteiger partial charge is 0.465 e. The van der Waals surface area contributed by atoms with Crippen molar-refractivity contribution < 1.29 is 14.3 Å². The summed E-state index contributed by atoms with van der Waals surface area (Å²) < 4.78 is 4.71. The van der Waals surface area contributed by atoms with E-state index in [1.54, 1.807) is 24.3 Å². The van der Waals surface area contributed by atoms with Crippen molar-refractivity contribution in [3.8, 4) is 0 Å². The number of nitrogens with zero attached hydrogens (tertiary/aromatic N) is 1. The van der Waals surface area contributed by atoms with Gasteiger partial charge in [-0.2, -0.15) is 0 Å². The first-order chi connectivity index (χ1) is 14.8. The number of methoxy groups -OCH3 is 1. The van der Waals surface area contributed by atoms with Crippen molar-refractivity contribution >= 4 is 29.2 Å². The number of amides is 1. The van der Waals surface area contributed by atoms with Gasteiger partial charge < -0.3 is 15.0 Å². The number of anilines is 1. The number of hydrogen-bond acceptors (Lipinski definition) is 4. The van der Waals surface area contributed by atoms with E-state index in [0.717, 1.165) is 29.9 Å². The Balaban J connectivity index is 1.71. The standard InChI is InChI=1S/C25H31ClN2O3/c1-16-11-17(2)15-28(14-16)23-10-9-21(26)13-22(23)18(3)27-24(29)12-19-5-7-20(8-6-19)25(30)31-4/h5-10,13,16-18H,11-12,14-15H2,1-4H3,(H,27,29)/t16-,17+,18?. The summed E-state index contributed by atoms with van der Waals surface area (Å²) in [5.74, 6) is 0.791. The van der Waals surface area contributed by atoms with Crippen molar-refractivity contribution in [3.05, 3.63) is 64.2 Å². The highest BCUT2D eigenvalue weighted by Crippen LogP contribution is 2.33. The highest BCUT2D eigenvalue weighted by Gasteiger charge is 2.25. The zero-order chi connectivity index (χ0) is 22.5. The molecule has 1 fully saturated rings. The van der Waals surface area contributed by atoms with Crippen LogP contribution in [0.4, 0.5) is 5.69 Å². The summed E-state index contributed by atoms with van der Waals surface area (Å²) in [5, 5.41) is 3.77. The second kappa shape index (κ2) is 10.2. The first kappa shape index (κ1) is 23.1. The molecule has 5 nitrogen and oxygen atoms in total. The number of hydrogen-bond donors (Lipinski definition) is 1. The van der Waals surface area contributed by atoms with Crippen LogP contribution in [-0.4, -0.2) is 32.1 Å². The number of benzene rings is 2. The fourth-order valence-corrected chi connectivity index (χ4v) is 4.63. The minimum absolute atomic E-state index is 0.0791. The predicted molar refractivity (Wildman–Crippen MR) is 125 cm³/mol. The van der Waals surface area contributed by atoms with Gasteiger partial charge in [-0.1, -0.05) is 37.6 Å². The minimum atomic E-state index is -0.389. The van der Waals surface area contributed by atoms with E-state index in [0.29, 0.717) is 22.4 Å². The third-order valence-corrected chi connectivity index (χ3v) is 6.02. The molecule has 2 aromatic rings. The third-order valence-electron chi connectivity index (χ3n) is 5.78. The quantitative estimate of drug-likeness (QED) is 0.637. The van der Waals surface area contributed by atoms with Crippen LogP contribution in [0.15, 0.2) is 42.5 Å². The summed E-state index contributed by atoms with van der Waals surface area (Å²) in [4.78, 5) is 26.7. The molecular weight excluding hydrogens is 412 g/mol. The number of esters is 1. The lowest BCUT2D eigenvalue weighted by molar-refractivity contribution is -0.121. The zero-order valence-corrected chi connectivity index (χ0v) is 19.4. The second-order valence-corrected chi connectivity index (χ2v) is 9.15. The summed E-state index contributed by atoms with van der Waals surface area (Å²) in [7, 11) is 1.35. The van der Waals surface area contributed by atoms with Crippen LogP contribution in [-0.2, 0) is 16.0 Å². The van der Waals surface area contributed by atoms with Gasteiger partial charge in [0, 0.05) is 23.8 Å². The molecule has 1 amide bonds. The van der Waals surface area contributed by atoms with Crippen LogP contribution in [0.1, 0.15) is 54.7 Å². The van der Waals surface area contributed by atoms with Gasteiger partial charge in [0.15, 0.2) is 0 Å². The summed E-state index contributed by atoms with van der Waals surface area (Å²) in [6, 6.07) is 12.7. The molecule has 1 aliphatic heterocycles. The van der Waals surface area contributed by atoms with Crippen LogP contribution in [0.3, 0.4) is 0 Å². The van der Waals surface area contributed by atoms with E-state index in [1.165, 1.54) is 13.5 Å². The number of carbonyl (C=O) groups excluding carboxylic acids is 2. The zero-order valence-electron chi connectivity index (χ0n) is 18.7. The van der Waals surface area contributed by atoms with Crippen molar-refractivity contribution in [2.24, 2.45) is 11.8 Å². The van der Waals surface area contributed by atoms with Gasteiger partial charge in [-0.05, 0) is 66.6 Å². The molecule has 0 aliphatic carbocycles. The van der Waals surface area contributed by atoms with E-state index in [-0.39, 0.29) is 24.3 Å². The molecular formula is C25H31ClN2O3. The first-order valence-corrected chi connectivity index (χ1v) is 11.2. The Morgan fingerprint density at radius 3 is 2.39 bits per heavy atom. The first-order valence-electron chi connectivity index (χ1n) is 10.8. The van der Waals surface area contributed by atoms with Gasteiger partial charge in [-0.25, -0.2) is 4.79 Å². The Hall–Kier alpha value is -2.53. The molecule has 31 heavy (non-hydrogen) atoms. The average molecular weight is 443 g/mol. The SMILES string of the molecule is COC(=O)c1ccc(CC(=O)NC(C)c2cc(Cl)ccc2N2C[C@H](C)C[C@H](C)C2)cc1. The number of halogens is 1. The van der Waals surface area contributed by atoms with Gasteiger partial charge in [0.2, 0.25) is 5.91 Å². The van der Waals surface area contributed by atoms with E-state index in [2.05, 4.69) is 30.1 Å². The molecule has 1 aliphatic rings.